The fraction of sp³-hybridized carbons (Fsp3) is 0.133. The zero-order valence-corrected chi connectivity index (χ0v) is 13.3. The summed E-state index contributed by atoms with van der Waals surface area (Å²) in [6, 6.07) is 13.4. The van der Waals surface area contributed by atoms with E-state index in [1.807, 2.05) is 30.3 Å². The van der Waals surface area contributed by atoms with Crippen LogP contribution in [0.4, 0.5) is 0 Å². The Hall–Kier alpha value is -1.59. The lowest BCUT2D eigenvalue weighted by molar-refractivity contribution is 0.303. The summed E-state index contributed by atoms with van der Waals surface area (Å²) in [5.74, 6) is 1.34. The maximum atomic E-state index is 5.75. The minimum atomic E-state index is 0.317. The summed E-state index contributed by atoms with van der Waals surface area (Å²) in [5.41, 5.74) is 7.45. The van der Waals surface area contributed by atoms with Crippen LogP contribution in [0.3, 0.4) is 0 Å². The normalized spacial score (nSPS) is 10.1. The second-order valence-corrected chi connectivity index (χ2v) is 5.53. The first-order valence-electron chi connectivity index (χ1n) is 5.94. The molecule has 2 rings (SSSR count). The molecule has 104 valence electrons. The summed E-state index contributed by atoms with van der Waals surface area (Å²) in [6.45, 7) is 0.469. The first-order valence-corrected chi connectivity index (χ1v) is 7.15. The van der Waals surface area contributed by atoms with E-state index in [0.717, 1.165) is 15.6 Å². The molecule has 0 aliphatic rings. The van der Waals surface area contributed by atoms with Gasteiger partial charge in [0, 0.05) is 16.1 Å². The highest BCUT2D eigenvalue weighted by molar-refractivity contribution is 9.10. The van der Waals surface area contributed by atoms with Crippen molar-refractivity contribution in [1.29, 1.82) is 0 Å². The smallest absolute Gasteiger partial charge is 0.124 e. The number of halogens is 1. The van der Waals surface area contributed by atoms with E-state index < -0.39 is 0 Å². The molecule has 0 saturated carbocycles. The van der Waals surface area contributed by atoms with Crippen molar-refractivity contribution in [1.82, 2.24) is 0 Å². The van der Waals surface area contributed by atoms with Gasteiger partial charge in [-0.05, 0) is 29.8 Å². The summed E-state index contributed by atoms with van der Waals surface area (Å²) in [5, 5.41) is 0. The minimum absolute atomic E-state index is 0.317. The van der Waals surface area contributed by atoms with E-state index in [0.29, 0.717) is 23.1 Å². The Bertz CT molecular complexity index is 614. The molecule has 0 atom stereocenters. The number of rotatable bonds is 5. The zero-order valence-electron chi connectivity index (χ0n) is 10.9. The van der Waals surface area contributed by atoms with Gasteiger partial charge in [-0.1, -0.05) is 40.3 Å². The molecule has 2 aromatic carbocycles. The highest BCUT2D eigenvalue weighted by Gasteiger charge is 2.05. The van der Waals surface area contributed by atoms with Gasteiger partial charge < -0.3 is 15.2 Å². The fourth-order valence-electron chi connectivity index (χ4n) is 1.66. The number of hydrogen-bond donors (Lipinski definition) is 1. The van der Waals surface area contributed by atoms with Crippen LogP contribution in [-0.2, 0) is 6.61 Å². The molecule has 3 nitrogen and oxygen atoms in total. The number of ether oxygens (including phenoxy) is 2. The zero-order chi connectivity index (χ0) is 14.5. The number of nitrogens with two attached hydrogens (primary N) is 1. The van der Waals surface area contributed by atoms with Gasteiger partial charge in [0.1, 0.15) is 23.1 Å². The molecule has 0 bridgehead atoms. The molecule has 0 amide bonds. The van der Waals surface area contributed by atoms with Crippen molar-refractivity contribution in [2.24, 2.45) is 5.73 Å². The largest absolute Gasteiger partial charge is 0.497 e. The van der Waals surface area contributed by atoms with E-state index >= 15 is 0 Å². The molecular formula is C15H14BrNO2S. The molecule has 0 radical (unpaired) electrons. The predicted octanol–water partition coefficient (Wildman–Crippen LogP) is 3.67. The minimum Gasteiger partial charge on any atom is -0.497 e. The molecule has 5 heteroatoms. The SMILES string of the molecule is COc1cc(OCc2ccc(Br)cc2)cc(C(N)=S)c1. The summed E-state index contributed by atoms with van der Waals surface area (Å²) in [6.07, 6.45) is 0. The molecule has 0 aliphatic carbocycles. The van der Waals surface area contributed by atoms with Crippen LogP contribution in [0.5, 0.6) is 11.5 Å². The van der Waals surface area contributed by atoms with Crippen molar-refractivity contribution in [3.8, 4) is 11.5 Å². The fourth-order valence-corrected chi connectivity index (χ4v) is 2.04. The summed E-state index contributed by atoms with van der Waals surface area (Å²) < 4.78 is 12.0. The number of methoxy groups -OCH3 is 1. The van der Waals surface area contributed by atoms with E-state index in [4.69, 9.17) is 27.4 Å². The van der Waals surface area contributed by atoms with E-state index in [1.54, 1.807) is 19.2 Å². The first kappa shape index (κ1) is 14.8. The second kappa shape index (κ2) is 6.72. The molecule has 0 spiro atoms. The lowest BCUT2D eigenvalue weighted by Gasteiger charge is -2.10. The molecule has 0 heterocycles. The topological polar surface area (TPSA) is 44.5 Å². The quantitative estimate of drug-likeness (QED) is 0.834. The van der Waals surface area contributed by atoms with E-state index in [-0.39, 0.29) is 0 Å². The van der Waals surface area contributed by atoms with E-state index in [2.05, 4.69) is 15.9 Å². The van der Waals surface area contributed by atoms with Gasteiger partial charge in [0.25, 0.3) is 0 Å². The molecule has 0 saturated heterocycles. The summed E-state index contributed by atoms with van der Waals surface area (Å²) in [4.78, 5) is 0.317. The number of hydrogen-bond acceptors (Lipinski definition) is 3. The first-order chi connectivity index (χ1) is 9.58. The van der Waals surface area contributed by atoms with Crippen molar-refractivity contribution >= 4 is 33.1 Å². The van der Waals surface area contributed by atoms with Crippen LogP contribution in [0, 0.1) is 0 Å². The number of thiocarbonyl (C=S) groups is 1. The third-order valence-corrected chi connectivity index (χ3v) is 3.48. The second-order valence-electron chi connectivity index (χ2n) is 4.18. The van der Waals surface area contributed by atoms with Crippen LogP contribution in [-0.4, -0.2) is 12.1 Å². The predicted molar refractivity (Wildman–Crippen MR) is 87.4 cm³/mol. The van der Waals surface area contributed by atoms with Gasteiger partial charge in [0.05, 0.1) is 7.11 Å². The Morgan fingerprint density at radius 1 is 1.15 bits per heavy atom. The third kappa shape index (κ3) is 3.95. The molecule has 20 heavy (non-hydrogen) atoms. The van der Waals surface area contributed by atoms with E-state index in [9.17, 15) is 0 Å². The van der Waals surface area contributed by atoms with Crippen molar-refractivity contribution in [2.75, 3.05) is 7.11 Å². The molecule has 0 aromatic heterocycles. The van der Waals surface area contributed by atoms with Crippen molar-refractivity contribution < 1.29 is 9.47 Å². The summed E-state index contributed by atoms with van der Waals surface area (Å²) >= 11 is 8.38. The Kier molecular flexibility index (Phi) is 4.98. The highest BCUT2D eigenvalue weighted by Crippen LogP contribution is 2.23. The molecule has 2 N–H and O–H groups in total. The molecule has 2 aromatic rings. The monoisotopic (exact) mass is 351 g/mol. The van der Waals surface area contributed by atoms with Crippen LogP contribution < -0.4 is 15.2 Å². The molecule has 0 aliphatic heterocycles. The van der Waals surface area contributed by atoms with E-state index in [1.165, 1.54) is 0 Å². The van der Waals surface area contributed by atoms with Crippen molar-refractivity contribution in [2.45, 2.75) is 6.61 Å². The van der Waals surface area contributed by atoms with Gasteiger partial charge in [-0.2, -0.15) is 0 Å². The van der Waals surface area contributed by atoms with Gasteiger partial charge in [-0.3, -0.25) is 0 Å². The Morgan fingerprint density at radius 2 is 1.80 bits per heavy atom. The molecule has 0 fully saturated rings. The van der Waals surface area contributed by atoms with Gasteiger partial charge in [0.2, 0.25) is 0 Å². The van der Waals surface area contributed by atoms with Crippen molar-refractivity contribution in [3.05, 3.63) is 58.1 Å². The van der Waals surface area contributed by atoms with Gasteiger partial charge in [0.15, 0.2) is 0 Å². The molecular weight excluding hydrogens is 338 g/mol. The standard InChI is InChI=1S/C15H14BrNO2S/c1-18-13-6-11(15(17)20)7-14(8-13)19-9-10-2-4-12(16)5-3-10/h2-8H,9H2,1H3,(H2,17,20). The Balaban J connectivity index is 2.14. The lowest BCUT2D eigenvalue weighted by Crippen LogP contribution is -2.09. The van der Waals surface area contributed by atoms with Gasteiger partial charge >= 0.3 is 0 Å². The third-order valence-electron chi connectivity index (χ3n) is 2.72. The van der Waals surface area contributed by atoms with Gasteiger partial charge in [-0.25, -0.2) is 0 Å². The lowest BCUT2D eigenvalue weighted by atomic mass is 10.2. The van der Waals surface area contributed by atoms with Gasteiger partial charge in [-0.15, -0.1) is 0 Å². The highest BCUT2D eigenvalue weighted by atomic mass is 79.9. The molecule has 0 unspecified atom stereocenters. The maximum Gasteiger partial charge on any atom is 0.124 e. The number of benzene rings is 2. The van der Waals surface area contributed by atoms with Crippen LogP contribution in [0.25, 0.3) is 0 Å². The van der Waals surface area contributed by atoms with Crippen molar-refractivity contribution in [3.63, 3.8) is 0 Å². The van der Waals surface area contributed by atoms with Crippen LogP contribution in [0.2, 0.25) is 0 Å². The van der Waals surface area contributed by atoms with Crippen LogP contribution in [0.15, 0.2) is 46.9 Å². The average molecular weight is 352 g/mol. The summed E-state index contributed by atoms with van der Waals surface area (Å²) in [7, 11) is 1.59. The Labute approximate surface area is 131 Å². The van der Waals surface area contributed by atoms with Crippen LogP contribution >= 0.6 is 28.1 Å². The Morgan fingerprint density at radius 3 is 2.40 bits per heavy atom. The average Bonchev–Trinajstić information content (AvgIpc) is 2.46. The van der Waals surface area contributed by atoms with Crippen LogP contribution in [0.1, 0.15) is 11.1 Å². The maximum absolute atomic E-state index is 5.75.